The van der Waals surface area contributed by atoms with Crippen molar-refractivity contribution in [2.24, 2.45) is 0 Å². The molecule has 0 aromatic heterocycles. The molecule has 2 rings (SSSR count). The summed E-state index contributed by atoms with van der Waals surface area (Å²) >= 11 is 0. The second-order valence-electron chi connectivity index (χ2n) is 4.20. The van der Waals surface area contributed by atoms with Crippen LogP contribution in [0.15, 0.2) is 47.4 Å². The first-order chi connectivity index (χ1) is 9.96. The molecule has 7 heteroatoms. The third-order valence-corrected chi connectivity index (χ3v) is 4.15. The Bertz CT molecular complexity index is 793. The number of nitrogens with one attached hydrogen (secondary N) is 1. The first-order valence-corrected chi connectivity index (χ1v) is 7.41. The zero-order valence-corrected chi connectivity index (χ0v) is 12.0. The summed E-state index contributed by atoms with van der Waals surface area (Å²) in [5.74, 6) is 0.271. The Morgan fingerprint density at radius 1 is 1.19 bits per heavy atom. The van der Waals surface area contributed by atoms with E-state index in [9.17, 15) is 8.42 Å². The fraction of sp³-hybridized carbons (Fsp3) is 0.0714. The van der Waals surface area contributed by atoms with Gasteiger partial charge in [0.15, 0.2) is 0 Å². The molecule has 0 amide bonds. The van der Waals surface area contributed by atoms with Crippen LogP contribution in [-0.2, 0) is 10.0 Å². The van der Waals surface area contributed by atoms with Crippen LogP contribution in [0.1, 0.15) is 5.56 Å². The van der Waals surface area contributed by atoms with Gasteiger partial charge in [-0.05, 0) is 36.4 Å². The van der Waals surface area contributed by atoms with Crippen LogP contribution in [0.4, 0.5) is 11.4 Å². The van der Waals surface area contributed by atoms with E-state index in [1.807, 2.05) is 6.07 Å². The van der Waals surface area contributed by atoms with Crippen LogP contribution in [0.3, 0.4) is 0 Å². The van der Waals surface area contributed by atoms with E-state index in [1.54, 1.807) is 0 Å². The lowest BCUT2D eigenvalue weighted by atomic mass is 10.2. The van der Waals surface area contributed by atoms with Gasteiger partial charge in [0.1, 0.15) is 5.75 Å². The van der Waals surface area contributed by atoms with Gasteiger partial charge >= 0.3 is 0 Å². The number of nitriles is 1. The van der Waals surface area contributed by atoms with Crippen molar-refractivity contribution in [3.05, 3.63) is 48.0 Å². The van der Waals surface area contributed by atoms with Gasteiger partial charge in [-0.2, -0.15) is 5.26 Å². The molecule has 0 heterocycles. The monoisotopic (exact) mass is 303 g/mol. The quantitative estimate of drug-likeness (QED) is 0.840. The third-order valence-electron chi connectivity index (χ3n) is 2.77. The van der Waals surface area contributed by atoms with Crippen LogP contribution >= 0.6 is 0 Å². The molecule has 0 saturated heterocycles. The van der Waals surface area contributed by atoms with E-state index in [2.05, 4.69) is 4.72 Å². The average molecular weight is 303 g/mol. The Kier molecular flexibility index (Phi) is 4.00. The van der Waals surface area contributed by atoms with Crippen molar-refractivity contribution in [1.29, 1.82) is 5.26 Å². The topological polar surface area (TPSA) is 105 Å². The predicted octanol–water partition coefficient (Wildman–Crippen LogP) is 1.95. The minimum Gasteiger partial charge on any atom is -0.495 e. The number of rotatable bonds is 4. The SMILES string of the molecule is COc1cc(C#N)ccc1NS(=O)(=O)c1ccc(N)cc1. The summed E-state index contributed by atoms with van der Waals surface area (Å²) in [5, 5.41) is 8.83. The summed E-state index contributed by atoms with van der Waals surface area (Å²) in [6.07, 6.45) is 0. The van der Waals surface area contributed by atoms with Crippen molar-refractivity contribution < 1.29 is 13.2 Å². The molecule has 0 spiro atoms. The predicted molar refractivity (Wildman–Crippen MR) is 79.4 cm³/mol. The van der Waals surface area contributed by atoms with E-state index in [-0.39, 0.29) is 16.3 Å². The molecule has 0 aliphatic heterocycles. The van der Waals surface area contributed by atoms with Crippen molar-refractivity contribution in [3.8, 4) is 11.8 Å². The second-order valence-corrected chi connectivity index (χ2v) is 5.88. The van der Waals surface area contributed by atoms with Gasteiger partial charge < -0.3 is 10.5 Å². The molecule has 0 bridgehead atoms. The Labute approximate surface area is 122 Å². The van der Waals surface area contributed by atoms with Crippen molar-refractivity contribution in [3.63, 3.8) is 0 Å². The summed E-state index contributed by atoms with van der Waals surface area (Å²) in [7, 11) is -2.35. The smallest absolute Gasteiger partial charge is 0.262 e. The number of nitrogens with zero attached hydrogens (tertiary/aromatic N) is 1. The number of nitrogen functional groups attached to an aromatic ring is 1. The summed E-state index contributed by atoms with van der Waals surface area (Å²) < 4.78 is 32.0. The Morgan fingerprint density at radius 3 is 2.43 bits per heavy atom. The number of sulfonamides is 1. The maximum Gasteiger partial charge on any atom is 0.262 e. The maximum absolute atomic E-state index is 12.3. The molecule has 108 valence electrons. The number of methoxy groups -OCH3 is 1. The first-order valence-electron chi connectivity index (χ1n) is 5.93. The molecule has 3 N–H and O–H groups in total. The molecule has 6 nitrogen and oxygen atoms in total. The van der Waals surface area contributed by atoms with Crippen LogP contribution in [0.2, 0.25) is 0 Å². The van der Waals surface area contributed by atoms with E-state index in [1.165, 1.54) is 49.6 Å². The molecule has 0 radical (unpaired) electrons. The molecule has 2 aromatic rings. The largest absolute Gasteiger partial charge is 0.495 e. The molecule has 0 aliphatic carbocycles. The number of nitrogens with two attached hydrogens (primary N) is 1. The second kappa shape index (κ2) is 5.73. The summed E-state index contributed by atoms with van der Waals surface area (Å²) in [5.41, 5.74) is 6.65. The highest BCUT2D eigenvalue weighted by molar-refractivity contribution is 7.92. The van der Waals surface area contributed by atoms with E-state index in [4.69, 9.17) is 15.7 Å². The molecule has 21 heavy (non-hydrogen) atoms. The molecule has 0 aliphatic rings. The highest BCUT2D eigenvalue weighted by atomic mass is 32.2. The normalized spacial score (nSPS) is 10.7. The number of benzene rings is 2. The van der Waals surface area contributed by atoms with Crippen LogP contribution in [0.5, 0.6) is 5.75 Å². The van der Waals surface area contributed by atoms with E-state index in [0.29, 0.717) is 11.3 Å². The van der Waals surface area contributed by atoms with Crippen molar-refractivity contribution in [2.45, 2.75) is 4.90 Å². The first kappa shape index (κ1) is 14.7. The van der Waals surface area contributed by atoms with Gasteiger partial charge in [0, 0.05) is 11.8 Å². The fourth-order valence-corrected chi connectivity index (χ4v) is 2.77. The minimum atomic E-state index is -3.75. The van der Waals surface area contributed by atoms with Gasteiger partial charge in [-0.25, -0.2) is 8.42 Å². The maximum atomic E-state index is 12.3. The van der Waals surface area contributed by atoms with Gasteiger partial charge in [-0.15, -0.1) is 0 Å². The van der Waals surface area contributed by atoms with Gasteiger partial charge in [-0.1, -0.05) is 0 Å². The van der Waals surface area contributed by atoms with E-state index >= 15 is 0 Å². The van der Waals surface area contributed by atoms with E-state index in [0.717, 1.165) is 0 Å². The average Bonchev–Trinajstić information content (AvgIpc) is 2.47. The molecule has 0 unspecified atom stereocenters. The zero-order chi connectivity index (χ0) is 15.5. The van der Waals surface area contributed by atoms with Crippen molar-refractivity contribution >= 4 is 21.4 Å². The van der Waals surface area contributed by atoms with Crippen LogP contribution in [0, 0.1) is 11.3 Å². The molecular weight excluding hydrogens is 290 g/mol. The standard InChI is InChI=1S/C14H13N3O3S/c1-20-14-8-10(9-15)2-7-13(14)17-21(18,19)12-5-3-11(16)4-6-12/h2-8,17H,16H2,1H3. The number of hydrogen-bond donors (Lipinski definition) is 2. The number of anilines is 2. The summed E-state index contributed by atoms with van der Waals surface area (Å²) in [6, 6.07) is 12.2. The Hall–Kier alpha value is -2.72. The molecule has 0 atom stereocenters. The van der Waals surface area contributed by atoms with Crippen molar-refractivity contribution in [2.75, 3.05) is 17.6 Å². The van der Waals surface area contributed by atoms with Crippen LogP contribution in [0.25, 0.3) is 0 Å². The fourth-order valence-electron chi connectivity index (χ4n) is 1.70. The molecule has 0 saturated carbocycles. The highest BCUT2D eigenvalue weighted by Gasteiger charge is 2.16. The summed E-state index contributed by atoms with van der Waals surface area (Å²) in [6.45, 7) is 0. The highest BCUT2D eigenvalue weighted by Crippen LogP contribution is 2.28. The molecule has 0 fully saturated rings. The summed E-state index contributed by atoms with van der Waals surface area (Å²) in [4.78, 5) is 0.0862. The van der Waals surface area contributed by atoms with Gasteiger partial charge in [-0.3, -0.25) is 4.72 Å². The molecular formula is C14H13N3O3S. The lowest BCUT2D eigenvalue weighted by Crippen LogP contribution is -2.13. The Balaban J connectivity index is 2.37. The number of hydrogen-bond acceptors (Lipinski definition) is 5. The Morgan fingerprint density at radius 2 is 1.86 bits per heavy atom. The number of ether oxygens (including phenoxy) is 1. The minimum absolute atomic E-state index is 0.0862. The van der Waals surface area contributed by atoms with Gasteiger partial charge in [0.2, 0.25) is 0 Å². The van der Waals surface area contributed by atoms with Gasteiger partial charge in [0.25, 0.3) is 10.0 Å². The lowest BCUT2D eigenvalue weighted by Gasteiger charge is -2.12. The lowest BCUT2D eigenvalue weighted by molar-refractivity contribution is 0.416. The molecule has 2 aromatic carbocycles. The van der Waals surface area contributed by atoms with Gasteiger partial charge in [0.05, 0.1) is 29.3 Å². The van der Waals surface area contributed by atoms with Crippen LogP contribution in [-0.4, -0.2) is 15.5 Å². The van der Waals surface area contributed by atoms with Crippen molar-refractivity contribution in [1.82, 2.24) is 0 Å². The third kappa shape index (κ3) is 3.24. The zero-order valence-electron chi connectivity index (χ0n) is 11.2. The van der Waals surface area contributed by atoms with Crippen LogP contribution < -0.4 is 15.2 Å². The van der Waals surface area contributed by atoms with E-state index < -0.39 is 10.0 Å².